The normalized spacial score (nSPS) is 30.1. The second kappa shape index (κ2) is 8.26. The summed E-state index contributed by atoms with van der Waals surface area (Å²) in [5, 5.41) is 0. The highest BCUT2D eigenvalue weighted by Crippen LogP contribution is 2.36. The topological polar surface area (TPSA) is 39.3 Å². The zero-order chi connectivity index (χ0) is 18.9. The van der Waals surface area contributed by atoms with Crippen LogP contribution in [0.2, 0.25) is 0 Å². The van der Waals surface area contributed by atoms with Crippen LogP contribution < -0.4 is 0 Å². The molecule has 3 aliphatic heterocycles. The molecule has 1 spiro atoms. The van der Waals surface area contributed by atoms with E-state index in [1.54, 1.807) is 0 Å². The van der Waals surface area contributed by atoms with Crippen molar-refractivity contribution in [3.05, 3.63) is 0 Å². The van der Waals surface area contributed by atoms with Gasteiger partial charge in [0.1, 0.15) is 5.60 Å². The van der Waals surface area contributed by atoms with Crippen LogP contribution in [0, 0.1) is 0 Å². The lowest BCUT2D eigenvalue weighted by molar-refractivity contribution is -0.00941. The van der Waals surface area contributed by atoms with Crippen molar-refractivity contribution >= 4 is 6.09 Å². The molecule has 4 fully saturated rings. The molecular weight excluding hydrogens is 340 g/mol. The van der Waals surface area contributed by atoms with E-state index >= 15 is 0 Å². The number of likely N-dealkylation sites (N-methyl/N-ethyl adjacent to an activating group) is 1. The van der Waals surface area contributed by atoms with Crippen molar-refractivity contribution in [2.24, 2.45) is 0 Å². The molecule has 0 aromatic rings. The minimum absolute atomic E-state index is 0.0723. The average Bonchev–Trinajstić information content (AvgIpc) is 3.38. The van der Waals surface area contributed by atoms with Crippen LogP contribution in [0.4, 0.5) is 4.79 Å². The molecule has 6 nitrogen and oxygen atoms in total. The Hall–Kier alpha value is -0.850. The van der Waals surface area contributed by atoms with Crippen LogP contribution in [0.3, 0.4) is 0 Å². The summed E-state index contributed by atoms with van der Waals surface area (Å²) in [6.45, 7) is 7.31. The summed E-state index contributed by atoms with van der Waals surface area (Å²) in [5.74, 6) is 0. The van der Waals surface area contributed by atoms with E-state index in [9.17, 15) is 4.79 Å². The van der Waals surface area contributed by atoms with Crippen molar-refractivity contribution in [1.82, 2.24) is 19.6 Å². The van der Waals surface area contributed by atoms with Crippen molar-refractivity contribution in [2.75, 3.05) is 59.9 Å². The van der Waals surface area contributed by atoms with E-state index in [1.807, 2.05) is 4.90 Å². The third-order valence-corrected chi connectivity index (χ3v) is 7.47. The Kier molecular flexibility index (Phi) is 5.95. The number of ether oxygens (including phenoxy) is 1. The molecule has 3 heterocycles. The summed E-state index contributed by atoms with van der Waals surface area (Å²) in [6.07, 6.45) is 9.79. The Labute approximate surface area is 164 Å². The molecule has 0 aromatic heterocycles. The van der Waals surface area contributed by atoms with Crippen LogP contribution in [0.15, 0.2) is 0 Å². The molecule has 1 aliphatic carbocycles. The van der Waals surface area contributed by atoms with Gasteiger partial charge in [0.05, 0.1) is 6.54 Å². The maximum Gasteiger partial charge on any atom is 0.410 e. The highest BCUT2D eigenvalue weighted by atomic mass is 16.6. The van der Waals surface area contributed by atoms with Crippen molar-refractivity contribution in [3.63, 3.8) is 0 Å². The van der Waals surface area contributed by atoms with Crippen molar-refractivity contribution in [2.45, 2.75) is 69.1 Å². The minimum atomic E-state index is -0.199. The van der Waals surface area contributed by atoms with Crippen LogP contribution in [-0.4, -0.2) is 103 Å². The molecule has 0 radical (unpaired) electrons. The number of carbonyl (C=O) groups excluding carboxylic acids is 1. The van der Waals surface area contributed by atoms with Crippen LogP contribution in [0.25, 0.3) is 0 Å². The molecule has 4 aliphatic rings. The molecule has 0 bridgehead atoms. The second-order valence-electron chi connectivity index (χ2n) is 9.51. The summed E-state index contributed by atoms with van der Waals surface area (Å²) in [7, 11) is 4.34. The summed E-state index contributed by atoms with van der Waals surface area (Å²) in [6, 6.07) is 1.48. The molecule has 27 heavy (non-hydrogen) atoms. The van der Waals surface area contributed by atoms with E-state index in [1.165, 1.54) is 45.2 Å². The van der Waals surface area contributed by atoms with E-state index in [0.717, 1.165) is 58.0 Å². The number of carbonyl (C=O) groups is 1. The molecule has 0 aromatic carbocycles. The summed E-state index contributed by atoms with van der Waals surface area (Å²) in [4.78, 5) is 21.9. The lowest BCUT2D eigenvalue weighted by Crippen LogP contribution is -2.49. The van der Waals surface area contributed by atoms with Crippen LogP contribution in [-0.2, 0) is 4.74 Å². The van der Waals surface area contributed by atoms with E-state index < -0.39 is 0 Å². The molecule has 0 N–H and O–H groups in total. The molecule has 1 atom stereocenters. The first kappa shape index (κ1) is 19.5. The smallest absolute Gasteiger partial charge is 0.410 e. The highest BCUT2D eigenvalue weighted by molar-refractivity contribution is 5.70. The largest absolute Gasteiger partial charge is 0.441 e. The number of nitrogens with zero attached hydrogens (tertiary/aromatic N) is 4. The van der Waals surface area contributed by atoms with Crippen LogP contribution in [0.5, 0.6) is 0 Å². The zero-order valence-corrected chi connectivity index (χ0v) is 17.4. The molecule has 3 saturated heterocycles. The minimum Gasteiger partial charge on any atom is -0.441 e. The van der Waals surface area contributed by atoms with Gasteiger partial charge in [0, 0.05) is 51.1 Å². The van der Waals surface area contributed by atoms with E-state index in [0.29, 0.717) is 6.04 Å². The predicted octanol–water partition coefficient (Wildman–Crippen LogP) is 2.24. The van der Waals surface area contributed by atoms with E-state index in [4.69, 9.17) is 4.74 Å². The first-order valence-corrected chi connectivity index (χ1v) is 11.2. The summed E-state index contributed by atoms with van der Waals surface area (Å²) >= 11 is 0. The molecule has 1 unspecified atom stereocenters. The maximum atomic E-state index is 12.4. The first-order valence-electron chi connectivity index (χ1n) is 11.2. The Morgan fingerprint density at radius 3 is 2.48 bits per heavy atom. The van der Waals surface area contributed by atoms with Gasteiger partial charge in [-0.25, -0.2) is 4.79 Å². The fourth-order valence-corrected chi connectivity index (χ4v) is 5.61. The number of rotatable bonds is 6. The van der Waals surface area contributed by atoms with Gasteiger partial charge < -0.3 is 24.3 Å². The number of piperidine rings is 1. The Morgan fingerprint density at radius 2 is 1.81 bits per heavy atom. The predicted molar refractivity (Wildman–Crippen MR) is 107 cm³/mol. The van der Waals surface area contributed by atoms with Gasteiger partial charge in [-0.3, -0.25) is 0 Å². The van der Waals surface area contributed by atoms with E-state index in [2.05, 4.69) is 28.8 Å². The van der Waals surface area contributed by atoms with Crippen LogP contribution >= 0.6 is 0 Å². The number of amides is 1. The summed E-state index contributed by atoms with van der Waals surface area (Å²) < 4.78 is 5.92. The third kappa shape index (κ3) is 4.43. The zero-order valence-electron chi connectivity index (χ0n) is 17.4. The standard InChI is InChI=1S/C21H38N4O2/c1-22(2)19-8-13-23(16-19)11-5-12-25-17-21(27-20(25)26)9-14-24(15-10-21)18-6-3-4-7-18/h18-19H,3-17H2,1-2H3. The van der Waals surface area contributed by atoms with Gasteiger partial charge in [-0.1, -0.05) is 12.8 Å². The molecular formula is C21H38N4O2. The van der Waals surface area contributed by atoms with Gasteiger partial charge in [-0.15, -0.1) is 0 Å². The summed E-state index contributed by atoms with van der Waals surface area (Å²) in [5.41, 5.74) is -0.199. The Balaban J connectivity index is 1.19. The molecule has 6 heteroatoms. The van der Waals surface area contributed by atoms with Crippen LogP contribution in [0.1, 0.15) is 51.4 Å². The average molecular weight is 379 g/mol. The fourth-order valence-electron chi connectivity index (χ4n) is 5.61. The molecule has 4 rings (SSSR count). The van der Waals surface area contributed by atoms with Crippen molar-refractivity contribution < 1.29 is 9.53 Å². The highest BCUT2D eigenvalue weighted by Gasteiger charge is 2.47. The second-order valence-corrected chi connectivity index (χ2v) is 9.51. The van der Waals surface area contributed by atoms with Gasteiger partial charge in [-0.2, -0.15) is 0 Å². The fraction of sp³-hybridized carbons (Fsp3) is 0.952. The Bertz CT molecular complexity index is 512. The van der Waals surface area contributed by atoms with Gasteiger partial charge in [-0.05, 0) is 52.9 Å². The van der Waals surface area contributed by atoms with Crippen molar-refractivity contribution in [3.8, 4) is 0 Å². The monoisotopic (exact) mass is 378 g/mol. The SMILES string of the molecule is CN(C)C1CCN(CCCN2CC3(CCN(C4CCCC4)CC3)OC2=O)C1. The maximum absolute atomic E-state index is 12.4. The lowest BCUT2D eigenvalue weighted by Gasteiger charge is -2.40. The van der Waals surface area contributed by atoms with E-state index in [-0.39, 0.29) is 11.7 Å². The van der Waals surface area contributed by atoms with Gasteiger partial charge in [0.25, 0.3) is 0 Å². The Morgan fingerprint density at radius 1 is 1.07 bits per heavy atom. The van der Waals surface area contributed by atoms with Gasteiger partial charge in [0.15, 0.2) is 0 Å². The third-order valence-electron chi connectivity index (χ3n) is 7.47. The number of hydrogen-bond acceptors (Lipinski definition) is 5. The van der Waals surface area contributed by atoms with Crippen molar-refractivity contribution in [1.29, 1.82) is 0 Å². The molecule has 154 valence electrons. The number of likely N-dealkylation sites (tertiary alicyclic amines) is 2. The molecule has 1 saturated carbocycles. The molecule has 1 amide bonds. The number of hydrogen-bond donors (Lipinski definition) is 0. The van der Waals surface area contributed by atoms with Gasteiger partial charge in [0.2, 0.25) is 0 Å². The quantitative estimate of drug-likeness (QED) is 0.709. The first-order chi connectivity index (χ1) is 13.0. The lowest BCUT2D eigenvalue weighted by atomic mass is 9.90. The van der Waals surface area contributed by atoms with Gasteiger partial charge >= 0.3 is 6.09 Å².